The molecular formula is C50H63N9O8S. The smallest absolute Gasteiger partial charge is 0.407 e. The number of aromatic nitrogens is 2. The van der Waals surface area contributed by atoms with E-state index < -0.39 is 40.3 Å². The molecule has 9 rings (SSSR count). The summed E-state index contributed by atoms with van der Waals surface area (Å²) in [7, 11) is -1.55. The number of fused-ring (bicyclic) bond motifs is 2. The fourth-order valence-corrected chi connectivity index (χ4v) is 12.5. The SMILES string of the molecule is COC(=O)N[C@H](C(=O)N1CCC[C@H]1C1=NS(=O)(=O)c2ccc(C3=C4CC5(CCCC5)CC4=C(c4ccc(-c5cnc([C@@H]6CCCN6C(=O)[C@@H](NC(=O)OC)C(C)C)[nH]5)cc4)NC3)cc2N1)C(C)C. The molecule has 2 saturated carbocycles. The molecule has 6 aliphatic rings. The van der Waals surface area contributed by atoms with Gasteiger partial charge in [-0.15, -0.1) is 4.40 Å². The molecule has 3 aromatic rings. The summed E-state index contributed by atoms with van der Waals surface area (Å²) < 4.78 is 41.4. The van der Waals surface area contributed by atoms with Gasteiger partial charge in [-0.05, 0) is 114 Å². The zero-order valence-corrected chi connectivity index (χ0v) is 40.6. The van der Waals surface area contributed by atoms with Gasteiger partial charge in [0.15, 0.2) is 0 Å². The molecule has 5 N–H and O–H groups in total. The molecule has 18 heteroatoms. The third kappa shape index (κ3) is 8.87. The lowest BCUT2D eigenvalue weighted by Gasteiger charge is -2.32. The zero-order valence-electron chi connectivity index (χ0n) is 39.7. The Labute approximate surface area is 398 Å². The first-order valence-corrected chi connectivity index (χ1v) is 25.5. The number of nitrogens with zero attached hydrogens (tertiary/aromatic N) is 4. The summed E-state index contributed by atoms with van der Waals surface area (Å²) in [6.07, 6.45) is 9.90. The standard InChI is InChI=1S/C50H63N9O8S/c1-28(2)41(55-48(62)66-5)46(60)58-21-9-11-38(58)44-52-27-37(54-44)30-13-15-31(16-14-30)43-34-25-50(19-7-8-20-50)24-33(34)35(26-51-43)32-17-18-40-36(23-32)53-45(57-68(40,64)65)39-12-10-22-59(39)47(61)42(29(3)4)56-49(63)67-6/h13-18,23,27-29,38-39,41-42,51H,7-12,19-22,24-26H2,1-6H3,(H,52,54)(H,53,57)(H,55,62)(H,56,63)/t38-,39-,41-,42-/m0/s1. The maximum Gasteiger partial charge on any atom is 0.407 e. The molecule has 2 aromatic carbocycles. The van der Waals surface area contributed by atoms with Gasteiger partial charge < -0.3 is 45.5 Å². The van der Waals surface area contributed by atoms with Gasteiger partial charge in [0.25, 0.3) is 10.0 Å². The third-order valence-corrected chi connectivity index (χ3v) is 16.2. The van der Waals surface area contributed by atoms with Crippen LogP contribution in [0, 0.1) is 17.3 Å². The van der Waals surface area contributed by atoms with Gasteiger partial charge in [-0.3, -0.25) is 9.59 Å². The number of aromatic amines is 1. The first-order valence-electron chi connectivity index (χ1n) is 24.0. The number of hydrogen-bond donors (Lipinski definition) is 5. The van der Waals surface area contributed by atoms with E-state index in [1.54, 1.807) is 11.0 Å². The van der Waals surface area contributed by atoms with E-state index in [0.717, 1.165) is 59.3 Å². The van der Waals surface area contributed by atoms with Crippen LogP contribution in [0.1, 0.15) is 115 Å². The predicted molar refractivity (Wildman–Crippen MR) is 257 cm³/mol. The van der Waals surface area contributed by atoms with E-state index in [-0.39, 0.29) is 45.8 Å². The summed E-state index contributed by atoms with van der Waals surface area (Å²) in [5.74, 6) is 0.0835. The molecule has 4 aliphatic heterocycles. The van der Waals surface area contributed by atoms with Crippen LogP contribution in [0.2, 0.25) is 0 Å². The summed E-state index contributed by atoms with van der Waals surface area (Å²) >= 11 is 0. The number of dihydropyridines is 1. The van der Waals surface area contributed by atoms with E-state index >= 15 is 0 Å². The van der Waals surface area contributed by atoms with Gasteiger partial charge in [0.2, 0.25) is 11.8 Å². The van der Waals surface area contributed by atoms with E-state index in [4.69, 9.17) is 14.5 Å². The molecule has 2 saturated heterocycles. The van der Waals surface area contributed by atoms with E-state index in [2.05, 4.69) is 54.9 Å². The molecule has 68 heavy (non-hydrogen) atoms. The van der Waals surface area contributed by atoms with Gasteiger partial charge in [0, 0.05) is 25.3 Å². The first kappa shape index (κ1) is 46.9. The zero-order chi connectivity index (χ0) is 48.1. The normalized spacial score (nSPS) is 22.4. The largest absolute Gasteiger partial charge is 0.453 e. The average Bonchev–Trinajstić information content (AvgIpc) is 4.19. The van der Waals surface area contributed by atoms with Crippen molar-refractivity contribution < 1.29 is 37.1 Å². The van der Waals surface area contributed by atoms with E-state index in [0.29, 0.717) is 44.0 Å². The van der Waals surface area contributed by atoms with Gasteiger partial charge in [-0.2, -0.15) is 8.42 Å². The number of hydrogen-bond acceptors (Lipinski definition) is 11. The minimum atomic E-state index is -4.09. The third-order valence-electron chi connectivity index (χ3n) is 14.9. The van der Waals surface area contributed by atoms with Crippen molar-refractivity contribution in [3.8, 4) is 11.3 Å². The number of methoxy groups -OCH3 is 2. The predicted octanol–water partition coefficient (Wildman–Crippen LogP) is 7.13. The second kappa shape index (κ2) is 18.7. The molecule has 4 amide bonds. The van der Waals surface area contributed by atoms with Crippen LogP contribution in [0.3, 0.4) is 0 Å². The van der Waals surface area contributed by atoms with Crippen LogP contribution >= 0.6 is 0 Å². The summed E-state index contributed by atoms with van der Waals surface area (Å²) in [5, 5.41) is 12.5. The fraction of sp³-hybridized carbons (Fsp3) is 0.520. The number of amidine groups is 1. The minimum absolute atomic E-state index is 0.0871. The number of rotatable bonds is 11. The van der Waals surface area contributed by atoms with Crippen LogP contribution in [0.4, 0.5) is 15.3 Å². The van der Waals surface area contributed by atoms with E-state index in [9.17, 15) is 27.6 Å². The molecule has 0 unspecified atom stereocenters. The van der Waals surface area contributed by atoms with Crippen molar-refractivity contribution >= 4 is 56.8 Å². The Morgan fingerprint density at radius 1 is 0.750 bits per heavy atom. The fourth-order valence-electron chi connectivity index (χ4n) is 11.4. The van der Waals surface area contributed by atoms with Crippen LogP contribution in [0.25, 0.3) is 22.5 Å². The summed E-state index contributed by atoms with van der Waals surface area (Å²) in [5.41, 5.74) is 9.32. The summed E-state index contributed by atoms with van der Waals surface area (Å²) in [4.78, 5) is 63.6. The Morgan fingerprint density at radius 2 is 1.32 bits per heavy atom. The van der Waals surface area contributed by atoms with Crippen LogP contribution in [0.15, 0.2) is 69.1 Å². The highest BCUT2D eigenvalue weighted by molar-refractivity contribution is 7.90. The van der Waals surface area contributed by atoms with Crippen molar-refractivity contribution in [2.24, 2.45) is 21.6 Å². The Morgan fingerprint density at radius 3 is 1.94 bits per heavy atom. The van der Waals surface area contributed by atoms with Crippen LogP contribution in [-0.2, 0) is 29.1 Å². The Bertz CT molecular complexity index is 2700. The number of nitrogens with one attached hydrogen (secondary N) is 5. The number of carbonyl (C=O) groups is 4. The molecule has 362 valence electrons. The van der Waals surface area contributed by atoms with Crippen LogP contribution < -0.4 is 21.3 Å². The monoisotopic (exact) mass is 949 g/mol. The molecule has 0 radical (unpaired) electrons. The van der Waals surface area contributed by atoms with Crippen molar-refractivity contribution in [2.75, 3.05) is 39.2 Å². The molecule has 17 nitrogen and oxygen atoms in total. The second-order valence-corrected chi connectivity index (χ2v) is 21.4. The van der Waals surface area contributed by atoms with Gasteiger partial charge >= 0.3 is 12.2 Å². The molecule has 4 atom stereocenters. The maximum atomic E-state index is 13.9. The van der Waals surface area contributed by atoms with E-state index in [1.165, 1.54) is 51.0 Å². The first-order chi connectivity index (χ1) is 32.6. The number of imidazole rings is 1. The molecular weight excluding hydrogens is 887 g/mol. The lowest BCUT2D eigenvalue weighted by atomic mass is 9.83. The number of benzene rings is 2. The molecule has 2 aliphatic carbocycles. The van der Waals surface area contributed by atoms with Crippen molar-refractivity contribution in [1.82, 2.24) is 35.7 Å². The number of ether oxygens (including phenoxy) is 2. The highest BCUT2D eigenvalue weighted by atomic mass is 32.2. The quantitative estimate of drug-likeness (QED) is 0.130. The van der Waals surface area contributed by atoms with Crippen LogP contribution in [-0.4, -0.2) is 110 Å². The molecule has 4 fully saturated rings. The Balaban J connectivity index is 0.974. The highest BCUT2D eigenvalue weighted by Crippen LogP contribution is 2.58. The van der Waals surface area contributed by atoms with Crippen molar-refractivity contribution in [3.63, 3.8) is 0 Å². The topological polar surface area (TPSA) is 217 Å². The van der Waals surface area contributed by atoms with Gasteiger partial charge in [0.05, 0.1) is 43.9 Å². The number of H-pyrrole nitrogens is 1. The molecule has 1 aromatic heterocycles. The summed E-state index contributed by atoms with van der Waals surface area (Å²) in [6.45, 7) is 9.01. The lowest BCUT2D eigenvalue weighted by molar-refractivity contribution is -0.135. The summed E-state index contributed by atoms with van der Waals surface area (Å²) in [6, 6.07) is 11.5. The average molecular weight is 950 g/mol. The molecule has 1 spiro atoms. The molecule has 5 heterocycles. The highest BCUT2D eigenvalue weighted by Gasteiger charge is 2.45. The number of amides is 4. The van der Waals surface area contributed by atoms with Gasteiger partial charge in [-0.25, -0.2) is 14.6 Å². The number of anilines is 1. The Hall–Kier alpha value is -6.17. The number of allylic oxidation sites excluding steroid dienone is 2. The second-order valence-electron chi connectivity index (χ2n) is 19.9. The number of carbonyl (C=O) groups excluding carboxylic acids is 4. The van der Waals surface area contributed by atoms with Crippen molar-refractivity contribution in [1.29, 1.82) is 0 Å². The van der Waals surface area contributed by atoms with Crippen molar-refractivity contribution in [3.05, 3.63) is 76.8 Å². The number of alkyl carbamates (subject to hydrolysis) is 2. The maximum absolute atomic E-state index is 13.9. The number of likely N-dealkylation sites (tertiary alicyclic amines) is 2. The van der Waals surface area contributed by atoms with Crippen LogP contribution in [0.5, 0.6) is 0 Å². The molecule has 0 bridgehead atoms. The van der Waals surface area contributed by atoms with E-state index in [1.807, 2.05) is 50.9 Å². The van der Waals surface area contributed by atoms with Gasteiger partial charge in [0.1, 0.15) is 28.6 Å². The minimum Gasteiger partial charge on any atom is -0.453 e. The van der Waals surface area contributed by atoms with Gasteiger partial charge in [-0.1, -0.05) is 70.9 Å². The van der Waals surface area contributed by atoms with Crippen molar-refractivity contribution in [2.45, 2.75) is 121 Å². The lowest BCUT2D eigenvalue weighted by Crippen LogP contribution is -2.54. The number of sulfonamides is 1. The Kier molecular flexibility index (Phi) is 12.9.